The third kappa shape index (κ3) is 7.35. The van der Waals surface area contributed by atoms with Crippen LogP contribution in [-0.4, -0.2) is 4.92 Å². The van der Waals surface area contributed by atoms with Crippen LogP contribution in [0.15, 0.2) is 35.2 Å². The quantitative estimate of drug-likeness (QED) is 0.139. The Hall–Kier alpha value is -2.01. The number of benzene rings is 2. The molecule has 0 aliphatic heterocycles. The van der Waals surface area contributed by atoms with E-state index in [1.54, 1.807) is 6.07 Å². The molecule has 0 heterocycles. The number of para-hydroxylation sites is 1. The van der Waals surface area contributed by atoms with Crippen LogP contribution >= 0.6 is 12.0 Å². The minimum absolute atomic E-state index is 0.0435. The molecule has 0 fully saturated rings. The molecule has 2 aromatic carbocycles. The zero-order valence-electron chi connectivity index (χ0n) is 18.8. The van der Waals surface area contributed by atoms with Gasteiger partial charge in [-0.05, 0) is 44.7 Å². The number of nitrogens with zero attached hydrogens (tertiary/aromatic N) is 1. The molecule has 0 unspecified atom stereocenters. The van der Waals surface area contributed by atoms with E-state index < -0.39 is 0 Å². The number of nitro groups is 1. The van der Waals surface area contributed by atoms with Crippen molar-refractivity contribution in [3.8, 4) is 5.75 Å². The molecular weight excluding hydrogens is 394 g/mol. The normalized spacial score (nSPS) is 10.9. The van der Waals surface area contributed by atoms with Gasteiger partial charge in [-0.15, -0.1) is 0 Å². The fourth-order valence-electron chi connectivity index (χ4n) is 3.84. The maximum Gasteiger partial charge on any atom is 0.312 e. The zero-order chi connectivity index (χ0) is 21.9. The summed E-state index contributed by atoms with van der Waals surface area (Å²) in [5.41, 5.74) is 4.42. The number of hydrogen-bond donors (Lipinski definition) is 0. The summed E-state index contributed by atoms with van der Waals surface area (Å²) >= 11 is 1.23. The van der Waals surface area contributed by atoms with Gasteiger partial charge < -0.3 is 4.18 Å². The van der Waals surface area contributed by atoms with E-state index in [-0.39, 0.29) is 10.6 Å². The molecule has 0 atom stereocenters. The Morgan fingerprint density at radius 2 is 1.53 bits per heavy atom. The van der Waals surface area contributed by atoms with Crippen molar-refractivity contribution in [2.45, 2.75) is 90.4 Å². The monoisotopic (exact) mass is 429 g/mol. The first-order chi connectivity index (χ1) is 14.4. The van der Waals surface area contributed by atoms with E-state index in [0.29, 0.717) is 5.75 Å². The molecule has 5 heteroatoms. The first-order valence-electron chi connectivity index (χ1n) is 11.1. The van der Waals surface area contributed by atoms with E-state index >= 15 is 0 Å². The summed E-state index contributed by atoms with van der Waals surface area (Å²) in [6, 6.07) is 9.47. The van der Waals surface area contributed by atoms with E-state index in [4.69, 9.17) is 4.18 Å². The van der Waals surface area contributed by atoms with Crippen LogP contribution in [0.2, 0.25) is 0 Å². The molecule has 2 aromatic rings. The number of hydrogen-bond acceptors (Lipinski definition) is 4. The lowest BCUT2D eigenvalue weighted by atomic mass is 10.0. The smallest absolute Gasteiger partial charge is 0.312 e. The van der Waals surface area contributed by atoms with Crippen LogP contribution < -0.4 is 4.18 Å². The Morgan fingerprint density at radius 3 is 2.13 bits per heavy atom. The van der Waals surface area contributed by atoms with Crippen molar-refractivity contribution in [2.75, 3.05) is 0 Å². The van der Waals surface area contributed by atoms with Gasteiger partial charge in [0.15, 0.2) is 0 Å². The molecule has 0 saturated heterocycles. The third-order valence-electron chi connectivity index (χ3n) is 5.39. The summed E-state index contributed by atoms with van der Waals surface area (Å²) in [5, 5.41) is 11.6. The van der Waals surface area contributed by atoms with Crippen LogP contribution in [0.5, 0.6) is 5.75 Å². The van der Waals surface area contributed by atoms with Crippen LogP contribution in [-0.2, 0) is 6.42 Å². The van der Waals surface area contributed by atoms with E-state index in [1.807, 2.05) is 19.9 Å². The minimum Gasteiger partial charge on any atom is -0.413 e. The molecular formula is C25H35NO3S. The molecule has 0 saturated carbocycles. The molecule has 4 nitrogen and oxygen atoms in total. The Morgan fingerprint density at radius 1 is 0.933 bits per heavy atom. The zero-order valence-corrected chi connectivity index (χ0v) is 19.6. The molecule has 164 valence electrons. The highest BCUT2D eigenvalue weighted by Gasteiger charge is 2.20. The van der Waals surface area contributed by atoms with Gasteiger partial charge in [0.2, 0.25) is 5.75 Å². The highest BCUT2D eigenvalue weighted by molar-refractivity contribution is 7.95. The molecule has 0 aromatic heterocycles. The molecule has 0 aliphatic rings. The fraction of sp³-hybridized carbons (Fsp3) is 0.520. The summed E-state index contributed by atoms with van der Waals surface area (Å²) in [5.74, 6) is 0.398. The van der Waals surface area contributed by atoms with Crippen LogP contribution in [0, 0.1) is 30.9 Å². The van der Waals surface area contributed by atoms with Gasteiger partial charge in [-0.2, -0.15) is 0 Å². The SMILES string of the molecule is CCCCCCCCCCc1cccc([N+](=O)[O-])c1OSc1c(C)cc(C)cc1C. The largest absolute Gasteiger partial charge is 0.413 e. The lowest BCUT2D eigenvalue weighted by Crippen LogP contribution is -1.99. The molecule has 0 bridgehead atoms. The van der Waals surface area contributed by atoms with Crippen LogP contribution in [0.4, 0.5) is 5.69 Å². The van der Waals surface area contributed by atoms with Crippen molar-refractivity contribution in [3.63, 3.8) is 0 Å². The molecule has 30 heavy (non-hydrogen) atoms. The van der Waals surface area contributed by atoms with Gasteiger partial charge in [0.05, 0.1) is 21.9 Å². The van der Waals surface area contributed by atoms with Crippen molar-refractivity contribution < 1.29 is 9.11 Å². The summed E-state index contributed by atoms with van der Waals surface area (Å²) in [7, 11) is 0. The second-order valence-electron chi connectivity index (χ2n) is 8.14. The van der Waals surface area contributed by atoms with E-state index in [2.05, 4.69) is 26.0 Å². The predicted molar refractivity (Wildman–Crippen MR) is 127 cm³/mol. The summed E-state index contributed by atoms with van der Waals surface area (Å²) in [6.45, 7) is 8.40. The third-order valence-corrected chi connectivity index (χ3v) is 6.45. The standard InChI is InChI=1S/C25H35NO3S/c1-5-6-7-8-9-10-11-12-14-22-15-13-16-23(26(27)28)24(22)29-30-25-20(3)17-19(2)18-21(25)4/h13,15-18H,5-12,14H2,1-4H3. The fourth-order valence-corrected chi connectivity index (χ4v) is 4.58. The Kier molecular flexibility index (Phi) is 10.2. The highest BCUT2D eigenvalue weighted by atomic mass is 32.2. The average molecular weight is 430 g/mol. The Bertz CT molecular complexity index is 812. The molecule has 0 N–H and O–H groups in total. The van der Waals surface area contributed by atoms with Crippen molar-refractivity contribution >= 4 is 17.7 Å². The lowest BCUT2D eigenvalue weighted by Gasteiger charge is -2.13. The van der Waals surface area contributed by atoms with Crippen molar-refractivity contribution in [1.29, 1.82) is 0 Å². The van der Waals surface area contributed by atoms with Gasteiger partial charge >= 0.3 is 5.69 Å². The van der Waals surface area contributed by atoms with Gasteiger partial charge in [0.1, 0.15) is 0 Å². The molecule has 2 rings (SSSR count). The number of unbranched alkanes of at least 4 members (excludes halogenated alkanes) is 7. The average Bonchev–Trinajstić information content (AvgIpc) is 2.69. The lowest BCUT2D eigenvalue weighted by molar-refractivity contribution is -0.385. The summed E-state index contributed by atoms with van der Waals surface area (Å²) < 4.78 is 6.01. The maximum absolute atomic E-state index is 11.6. The van der Waals surface area contributed by atoms with Gasteiger partial charge in [-0.3, -0.25) is 10.1 Å². The first-order valence-corrected chi connectivity index (χ1v) is 11.9. The van der Waals surface area contributed by atoms with E-state index in [1.165, 1.54) is 62.2 Å². The topological polar surface area (TPSA) is 52.4 Å². The van der Waals surface area contributed by atoms with E-state index in [9.17, 15) is 10.1 Å². The molecule has 0 amide bonds. The minimum atomic E-state index is -0.345. The van der Waals surface area contributed by atoms with Crippen LogP contribution in [0.25, 0.3) is 0 Å². The van der Waals surface area contributed by atoms with Crippen LogP contribution in [0.1, 0.15) is 80.5 Å². The van der Waals surface area contributed by atoms with Crippen molar-refractivity contribution in [1.82, 2.24) is 0 Å². The number of nitro benzene ring substituents is 1. The molecule has 0 radical (unpaired) electrons. The second kappa shape index (κ2) is 12.6. The summed E-state index contributed by atoms with van der Waals surface area (Å²) in [4.78, 5) is 12.3. The number of aryl methyl sites for hydroxylation is 4. The Balaban J connectivity index is 2.02. The maximum atomic E-state index is 11.6. The summed E-state index contributed by atoms with van der Waals surface area (Å²) in [6.07, 6.45) is 10.7. The highest BCUT2D eigenvalue weighted by Crippen LogP contribution is 2.38. The van der Waals surface area contributed by atoms with Gasteiger partial charge in [0.25, 0.3) is 0 Å². The van der Waals surface area contributed by atoms with Crippen LogP contribution in [0.3, 0.4) is 0 Å². The van der Waals surface area contributed by atoms with Gasteiger partial charge in [-0.1, -0.05) is 81.7 Å². The van der Waals surface area contributed by atoms with Gasteiger partial charge in [0, 0.05) is 11.6 Å². The first kappa shape index (κ1) is 24.3. The molecule has 0 spiro atoms. The second-order valence-corrected chi connectivity index (χ2v) is 8.88. The van der Waals surface area contributed by atoms with Gasteiger partial charge in [-0.25, -0.2) is 0 Å². The van der Waals surface area contributed by atoms with Crippen molar-refractivity contribution in [2.24, 2.45) is 0 Å². The Labute approximate surface area is 185 Å². The van der Waals surface area contributed by atoms with Crippen molar-refractivity contribution in [3.05, 3.63) is 62.7 Å². The molecule has 0 aliphatic carbocycles. The number of rotatable bonds is 13. The predicted octanol–water partition coefficient (Wildman–Crippen LogP) is 8.29. The van der Waals surface area contributed by atoms with E-state index in [0.717, 1.165) is 40.8 Å².